The molecule has 1 saturated heterocycles. The standard InChI is InChI=1S/C22H25BrN2O4S/c1-27-19-12-17(18(23)13-20(19)29-15-21(26)28-2)22(30)25-10-8-24(9-11-25)14-16-6-4-3-5-7-16/h3-7,12-13H,8-11,14-15H2,1-2H3. The van der Waals surface area contributed by atoms with Crippen LogP contribution in [-0.4, -0.2) is 67.8 Å². The van der Waals surface area contributed by atoms with Crippen molar-refractivity contribution in [2.75, 3.05) is 47.0 Å². The first-order chi connectivity index (χ1) is 14.5. The van der Waals surface area contributed by atoms with Gasteiger partial charge in [-0.25, -0.2) is 4.79 Å². The number of hydrogen-bond acceptors (Lipinski definition) is 6. The van der Waals surface area contributed by atoms with Gasteiger partial charge >= 0.3 is 5.97 Å². The monoisotopic (exact) mass is 492 g/mol. The molecule has 0 atom stereocenters. The normalized spacial score (nSPS) is 14.3. The highest BCUT2D eigenvalue weighted by Gasteiger charge is 2.23. The zero-order chi connectivity index (χ0) is 21.5. The topological polar surface area (TPSA) is 51.2 Å². The number of rotatable bonds is 7. The molecule has 6 nitrogen and oxygen atoms in total. The summed E-state index contributed by atoms with van der Waals surface area (Å²) < 4.78 is 16.4. The average Bonchev–Trinajstić information content (AvgIpc) is 2.78. The molecule has 2 aromatic rings. The smallest absolute Gasteiger partial charge is 0.343 e. The number of carbonyl (C=O) groups excluding carboxylic acids is 1. The Labute approximate surface area is 190 Å². The molecule has 0 aliphatic carbocycles. The van der Waals surface area contributed by atoms with Crippen molar-refractivity contribution in [2.24, 2.45) is 0 Å². The van der Waals surface area contributed by atoms with Gasteiger partial charge < -0.3 is 19.1 Å². The van der Waals surface area contributed by atoms with Crippen LogP contribution in [-0.2, 0) is 16.1 Å². The zero-order valence-corrected chi connectivity index (χ0v) is 19.5. The molecule has 2 aromatic carbocycles. The van der Waals surface area contributed by atoms with Crippen LogP contribution in [0.5, 0.6) is 11.5 Å². The van der Waals surface area contributed by atoms with Gasteiger partial charge in [-0.1, -0.05) is 42.5 Å². The van der Waals surface area contributed by atoms with Crippen molar-refractivity contribution in [3.05, 3.63) is 58.1 Å². The van der Waals surface area contributed by atoms with E-state index in [-0.39, 0.29) is 6.61 Å². The van der Waals surface area contributed by atoms with E-state index < -0.39 is 5.97 Å². The van der Waals surface area contributed by atoms with Crippen LogP contribution in [0.4, 0.5) is 0 Å². The Hall–Kier alpha value is -2.16. The molecule has 0 radical (unpaired) electrons. The number of benzene rings is 2. The van der Waals surface area contributed by atoms with Crippen LogP contribution in [0, 0.1) is 0 Å². The Morgan fingerprint density at radius 2 is 1.77 bits per heavy atom. The molecule has 0 amide bonds. The van der Waals surface area contributed by atoms with Crippen LogP contribution >= 0.6 is 28.1 Å². The molecule has 1 aliphatic heterocycles. The Balaban J connectivity index is 1.64. The second-order valence-electron chi connectivity index (χ2n) is 6.90. The molecule has 30 heavy (non-hydrogen) atoms. The fourth-order valence-electron chi connectivity index (χ4n) is 3.29. The first-order valence-electron chi connectivity index (χ1n) is 9.64. The first-order valence-corrected chi connectivity index (χ1v) is 10.8. The Morgan fingerprint density at radius 3 is 2.40 bits per heavy atom. The average molecular weight is 493 g/mol. The van der Waals surface area contributed by atoms with E-state index >= 15 is 0 Å². The van der Waals surface area contributed by atoms with Gasteiger partial charge in [0.05, 0.1) is 14.2 Å². The quantitative estimate of drug-likeness (QED) is 0.432. The van der Waals surface area contributed by atoms with Crippen molar-refractivity contribution >= 4 is 39.1 Å². The van der Waals surface area contributed by atoms with Crippen LogP contribution in [0.25, 0.3) is 0 Å². The van der Waals surface area contributed by atoms with Crippen molar-refractivity contribution in [3.8, 4) is 11.5 Å². The molecule has 0 aromatic heterocycles. The minimum atomic E-state index is -0.457. The highest BCUT2D eigenvalue weighted by molar-refractivity contribution is 9.10. The number of esters is 1. The second kappa shape index (κ2) is 10.7. The number of carbonyl (C=O) groups is 1. The highest BCUT2D eigenvalue weighted by Crippen LogP contribution is 2.34. The molecule has 1 aliphatic rings. The Bertz CT molecular complexity index is 886. The van der Waals surface area contributed by atoms with Crippen molar-refractivity contribution in [3.63, 3.8) is 0 Å². The lowest BCUT2D eigenvalue weighted by molar-refractivity contribution is -0.142. The largest absolute Gasteiger partial charge is 0.493 e. The van der Waals surface area contributed by atoms with E-state index in [1.54, 1.807) is 13.2 Å². The SMILES string of the molecule is COC(=O)COc1cc(Br)c(C(=S)N2CCN(Cc3ccccc3)CC2)cc1OC. The van der Waals surface area contributed by atoms with Gasteiger partial charge in [0, 0.05) is 42.8 Å². The molecule has 0 N–H and O–H groups in total. The van der Waals surface area contributed by atoms with Gasteiger partial charge in [-0.3, -0.25) is 4.90 Å². The third kappa shape index (κ3) is 5.71. The number of halogens is 1. The van der Waals surface area contributed by atoms with Gasteiger partial charge in [-0.2, -0.15) is 0 Å². The summed E-state index contributed by atoms with van der Waals surface area (Å²) in [5, 5.41) is 0. The summed E-state index contributed by atoms with van der Waals surface area (Å²) in [6.45, 7) is 4.38. The lowest BCUT2D eigenvalue weighted by atomic mass is 10.1. The molecular formula is C22H25BrN2O4S. The van der Waals surface area contributed by atoms with Crippen molar-refractivity contribution in [1.29, 1.82) is 0 Å². The summed E-state index contributed by atoms with van der Waals surface area (Å²) in [7, 11) is 2.88. The maximum absolute atomic E-state index is 11.4. The van der Waals surface area contributed by atoms with Gasteiger partial charge in [0.25, 0.3) is 0 Å². The number of methoxy groups -OCH3 is 2. The van der Waals surface area contributed by atoms with Crippen molar-refractivity contribution < 1.29 is 19.0 Å². The maximum atomic E-state index is 11.4. The molecular weight excluding hydrogens is 468 g/mol. The summed E-state index contributed by atoms with van der Waals surface area (Å²) in [5.74, 6) is 0.511. The third-order valence-corrected chi connectivity index (χ3v) is 6.10. The van der Waals surface area contributed by atoms with Gasteiger partial charge in [-0.15, -0.1) is 0 Å². The first kappa shape index (κ1) is 22.5. The Kier molecular flexibility index (Phi) is 8.07. The van der Waals surface area contributed by atoms with Crippen LogP contribution < -0.4 is 9.47 Å². The summed E-state index contributed by atoms with van der Waals surface area (Å²) in [5.41, 5.74) is 2.19. The number of nitrogens with zero attached hydrogens (tertiary/aromatic N) is 2. The van der Waals surface area contributed by atoms with E-state index in [9.17, 15) is 4.79 Å². The molecule has 0 spiro atoms. The fourth-order valence-corrected chi connectivity index (χ4v) is 4.28. The third-order valence-electron chi connectivity index (χ3n) is 4.97. The summed E-state index contributed by atoms with van der Waals surface area (Å²) in [6.07, 6.45) is 0. The number of ether oxygens (including phenoxy) is 3. The van der Waals surface area contributed by atoms with Crippen LogP contribution in [0.3, 0.4) is 0 Å². The Morgan fingerprint density at radius 1 is 1.07 bits per heavy atom. The molecule has 8 heteroatoms. The minimum absolute atomic E-state index is 0.188. The van der Waals surface area contributed by atoms with Gasteiger partial charge in [-0.05, 0) is 33.6 Å². The summed E-state index contributed by atoms with van der Waals surface area (Å²) in [6, 6.07) is 14.1. The van der Waals surface area contributed by atoms with E-state index in [2.05, 4.69) is 54.7 Å². The van der Waals surface area contributed by atoms with Crippen LogP contribution in [0.15, 0.2) is 46.9 Å². The van der Waals surface area contributed by atoms with E-state index in [0.29, 0.717) is 11.5 Å². The van der Waals surface area contributed by atoms with Crippen LogP contribution in [0.1, 0.15) is 11.1 Å². The minimum Gasteiger partial charge on any atom is -0.493 e. The highest BCUT2D eigenvalue weighted by atomic mass is 79.9. The van der Waals surface area contributed by atoms with Gasteiger partial charge in [0.15, 0.2) is 18.1 Å². The molecule has 3 rings (SSSR count). The maximum Gasteiger partial charge on any atom is 0.343 e. The molecule has 0 unspecified atom stereocenters. The van der Waals surface area contributed by atoms with E-state index in [1.807, 2.05) is 12.1 Å². The number of thiocarbonyl (C=S) groups is 1. The zero-order valence-electron chi connectivity index (χ0n) is 17.1. The molecule has 0 bridgehead atoms. The summed E-state index contributed by atoms with van der Waals surface area (Å²) in [4.78, 5) is 16.8. The fraction of sp³-hybridized carbons (Fsp3) is 0.364. The number of hydrogen-bond donors (Lipinski definition) is 0. The second-order valence-corrected chi connectivity index (χ2v) is 8.14. The van der Waals surface area contributed by atoms with Crippen molar-refractivity contribution in [2.45, 2.75) is 6.54 Å². The number of piperazine rings is 1. The van der Waals surface area contributed by atoms with Gasteiger partial charge in [0.2, 0.25) is 0 Å². The molecule has 1 heterocycles. The van der Waals surface area contributed by atoms with Crippen molar-refractivity contribution in [1.82, 2.24) is 9.80 Å². The predicted molar refractivity (Wildman–Crippen MR) is 123 cm³/mol. The molecule has 0 saturated carbocycles. The van der Waals surface area contributed by atoms with E-state index in [0.717, 1.165) is 47.7 Å². The van der Waals surface area contributed by atoms with Gasteiger partial charge in [0.1, 0.15) is 4.99 Å². The molecule has 160 valence electrons. The van der Waals surface area contributed by atoms with E-state index in [4.69, 9.17) is 21.7 Å². The summed E-state index contributed by atoms with van der Waals surface area (Å²) >= 11 is 9.36. The molecule has 1 fully saturated rings. The van der Waals surface area contributed by atoms with E-state index in [1.165, 1.54) is 12.7 Å². The lowest BCUT2D eigenvalue weighted by Gasteiger charge is -2.36. The lowest BCUT2D eigenvalue weighted by Crippen LogP contribution is -2.48. The predicted octanol–water partition coefficient (Wildman–Crippen LogP) is 3.50. The van der Waals surface area contributed by atoms with Crippen LogP contribution in [0.2, 0.25) is 0 Å².